The van der Waals surface area contributed by atoms with Gasteiger partial charge in [0.15, 0.2) is 0 Å². The Morgan fingerprint density at radius 2 is 2.00 bits per heavy atom. The largest absolute Gasteiger partial charge is 0.489 e. The number of esters is 1. The SMILES string of the molecule is CCOC(=O)CC1(N[S@@](=O)C(C)(C)C)CCCC2CC=C(OCc3ccccc3)C=C21. The van der Waals surface area contributed by atoms with Crippen molar-refractivity contribution < 1.29 is 18.5 Å². The van der Waals surface area contributed by atoms with Crippen LogP contribution in [0.25, 0.3) is 0 Å². The van der Waals surface area contributed by atoms with Gasteiger partial charge in [0.1, 0.15) is 12.4 Å². The van der Waals surface area contributed by atoms with E-state index in [-0.39, 0.29) is 12.4 Å². The van der Waals surface area contributed by atoms with E-state index in [1.54, 1.807) is 0 Å². The Morgan fingerprint density at radius 1 is 1.26 bits per heavy atom. The fraction of sp³-hybridized carbons (Fsp3) is 0.560. The fourth-order valence-electron chi connectivity index (χ4n) is 4.28. The van der Waals surface area contributed by atoms with Crippen LogP contribution in [0.2, 0.25) is 0 Å². The fourth-order valence-corrected chi connectivity index (χ4v) is 5.23. The molecule has 1 N–H and O–H groups in total. The summed E-state index contributed by atoms with van der Waals surface area (Å²) in [4.78, 5) is 12.6. The van der Waals surface area contributed by atoms with Crippen LogP contribution in [0.5, 0.6) is 0 Å². The second kappa shape index (κ2) is 10.1. The van der Waals surface area contributed by atoms with Crippen molar-refractivity contribution in [1.82, 2.24) is 4.72 Å². The van der Waals surface area contributed by atoms with Crippen molar-refractivity contribution in [2.24, 2.45) is 5.92 Å². The number of hydrogen-bond acceptors (Lipinski definition) is 4. The van der Waals surface area contributed by atoms with Crippen LogP contribution in [0, 0.1) is 5.92 Å². The summed E-state index contributed by atoms with van der Waals surface area (Å²) in [6, 6.07) is 10.1. The average molecular weight is 446 g/mol. The summed E-state index contributed by atoms with van der Waals surface area (Å²) < 4.78 is 27.5. The molecule has 3 rings (SSSR count). The normalized spacial score (nSPS) is 24.5. The van der Waals surface area contributed by atoms with E-state index in [0.29, 0.717) is 19.1 Å². The smallest absolute Gasteiger partial charge is 0.308 e. The minimum Gasteiger partial charge on any atom is -0.489 e. The molecule has 170 valence electrons. The maximum atomic E-state index is 13.1. The Morgan fingerprint density at radius 3 is 2.68 bits per heavy atom. The van der Waals surface area contributed by atoms with Crippen LogP contribution in [0.3, 0.4) is 0 Å². The molecule has 0 radical (unpaired) electrons. The molecule has 0 aromatic heterocycles. The van der Waals surface area contributed by atoms with Gasteiger partial charge in [-0.05, 0) is 76.2 Å². The standard InChI is InChI=1S/C25H35NO4S/c1-5-29-23(27)17-25(26-31(28)24(2,3)4)15-9-12-20-13-14-21(16-22(20)25)30-18-19-10-7-6-8-11-19/h6-8,10-11,14,16,20,26H,5,9,12-13,15,17-18H2,1-4H3/t20?,25?,31-/m0/s1. The molecule has 0 amide bonds. The van der Waals surface area contributed by atoms with Gasteiger partial charge < -0.3 is 9.47 Å². The molecule has 2 unspecified atom stereocenters. The zero-order chi connectivity index (χ0) is 22.5. The Balaban J connectivity index is 1.88. The lowest BCUT2D eigenvalue weighted by atomic mass is 9.67. The third kappa shape index (κ3) is 6.07. The molecule has 0 saturated heterocycles. The summed E-state index contributed by atoms with van der Waals surface area (Å²) in [6.45, 7) is 8.47. The Kier molecular flexibility index (Phi) is 7.76. The molecule has 0 heterocycles. The number of nitrogens with one attached hydrogen (secondary N) is 1. The van der Waals surface area contributed by atoms with Crippen molar-refractivity contribution in [3.05, 3.63) is 59.4 Å². The highest BCUT2D eigenvalue weighted by Crippen LogP contribution is 2.45. The van der Waals surface area contributed by atoms with E-state index in [9.17, 15) is 9.00 Å². The topological polar surface area (TPSA) is 64.6 Å². The number of ether oxygens (including phenoxy) is 2. The van der Waals surface area contributed by atoms with Crippen LogP contribution in [0.15, 0.2) is 53.8 Å². The quantitative estimate of drug-likeness (QED) is 0.575. The Hall–Kier alpha value is -1.92. The maximum Gasteiger partial charge on any atom is 0.308 e. The van der Waals surface area contributed by atoms with Crippen LogP contribution in [-0.4, -0.2) is 27.1 Å². The highest BCUT2D eigenvalue weighted by atomic mass is 32.2. The summed E-state index contributed by atoms with van der Waals surface area (Å²) >= 11 is 0. The predicted molar refractivity (Wildman–Crippen MR) is 124 cm³/mol. The van der Waals surface area contributed by atoms with Gasteiger partial charge in [0, 0.05) is 0 Å². The van der Waals surface area contributed by atoms with Gasteiger partial charge in [-0.15, -0.1) is 0 Å². The minimum absolute atomic E-state index is 0.178. The number of carbonyl (C=O) groups is 1. The number of rotatable bonds is 8. The molecule has 0 bridgehead atoms. The Bertz CT molecular complexity index is 856. The summed E-state index contributed by atoms with van der Waals surface area (Å²) in [6.07, 6.45) is 8.04. The molecule has 6 heteroatoms. The van der Waals surface area contributed by atoms with Gasteiger partial charge in [0.2, 0.25) is 0 Å². The second-order valence-corrected chi connectivity index (χ2v) is 11.3. The van der Waals surface area contributed by atoms with Crippen LogP contribution in [0.4, 0.5) is 0 Å². The maximum absolute atomic E-state index is 13.1. The van der Waals surface area contributed by atoms with Gasteiger partial charge in [0.05, 0.1) is 34.3 Å². The van der Waals surface area contributed by atoms with Crippen LogP contribution in [-0.2, 0) is 31.9 Å². The first-order chi connectivity index (χ1) is 14.7. The van der Waals surface area contributed by atoms with Gasteiger partial charge in [-0.2, -0.15) is 0 Å². The van der Waals surface area contributed by atoms with E-state index < -0.39 is 21.3 Å². The van der Waals surface area contributed by atoms with Crippen LogP contribution in [0.1, 0.15) is 65.4 Å². The first-order valence-corrected chi connectivity index (χ1v) is 12.3. The summed E-state index contributed by atoms with van der Waals surface area (Å²) in [5.41, 5.74) is 1.55. The van der Waals surface area contributed by atoms with Gasteiger partial charge in [-0.1, -0.05) is 36.8 Å². The number of benzene rings is 1. The number of fused-ring (bicyclic) bond motifs is 1. The molecular weight excluding hydrogens is 410 g/mol. The van der Waals surface area contributed by atoms with E-state index >= 15 is 0 Å². The molecule has 0 spiro atoms. The first-order valence-electron chi connectivity index (χ1n) is 11.2. The molecule has 5 nitrogen and oxygen atoms in total. The average Bonchev–Trinajstić information content (AvgIpc) is 2.73. The molecule has 1 saturated carbocycles. The highest BCUT2D eigenvalue weighted by Gasteiger charge is 2.46. The molecule has 0 aliphatic heterocycles. The monoisotopic (exact) mass is 445 g/mol. The molecular formula is C25H35NO4S. The minimum atomic E-state index is -1.31. The van der Waals surface area contributed by atoms with Crippen molar-refractivity contribution in [2.45, 2.75) is 76.7 Å². The molecule has 1 aromatic carbocycles. The third-order valence-electron chi connectivity index (χ3n) is 5.89. The molecule has 3 atom stereocenters. The zero-order valence-corrected chi connectivity index (χ0v) is 19.9. The lowest BCUT2D eigenvalue weighted by Gasteiger charge is -2.45. The molecule has 2 aliphatic carbocycles. The number of allylic oxidation sites excluding steroid dienone is 2. The van der Waals surface area contributed by atoms with Crippen molar-refractivity contribution in [2.75, 3.05) is 6.61 Å². The third-order valence-corrected chi connectivity index (χ3v) is 7.58. The lowest BCUT2D eigenvalue weighted by Crippen LogP contribution is -2.55. The zero-order valence-electron chi connectivity index (χ0n) is 19.1. The van der Waals surface area contributed by atoms with E-state index in [2.05, 4.69) is 16.9 Å². The van der Waals surface area contributed by atoms with Gasteiger partial charge >= 0.3 is 5.97 Å². The van der Waals surface area contributed by atoms with Crippen molar-refractivity contribution in [1.29, 1.82) is 0 Å². The van der Waals surface area contributed by atoms with Crippen molar-refractivity contribution in [3.8, 4) is 0 Å². The highest BCUT2D eigenvalue weighted by molar-refractivity contribution is 7.84. The van der Waals surface area contributed by atoms with E-state index in [0.717, 1.165) is 42.6 Å². The van der Waals surface area contributed by atoms with Gasteiger partial charge in [-0.25, -0.2) is 8.93 Å². The Labute approximate surface area is 188 Å². The summed E-state index contributed by atoms with van der Waals surface area (Å²) in [5.74, 6) is 0.870. The number of hydrogen-bond donors (Lipinski definition) is 1. The summed E-state index contributed by atoms with van der Waals surface area (Å²) in [7, 11) is -1.31. The first kappa shape index (κ1) is 23.7. The molecule has 1 aromatic rings. The molecule has 31 heavy (non-hydrogen) atoms. The van der Waals surface area contributed by atoms with Gasteiger partial charge in [0.25, 0.3) is 0 Å². The van der Waals surface area contributed by atoms with Crippen molar-refractivity contribution >= 4 is 17.0 Å². The van der Waals surface area contributed by atoms with E-state index in [1.807, 2.05) is 58.0 Å². The lowest BCUT2D eigenvalue weighted by molar-refractivity contribution is -0.144. The van der Waals surface area contributed by atoms with E-state index in [1.165, 1.54) is 0 Å². The van der Waals surface area contributed by atoms with Crippen molar-refractivity contribution in [3.63, 3.8) is 0 Å². The molecule has 2 aliphatic rings. The summed E-state index contributed by atoms with van der Waals surface area (Å²) in [5, 5.41) is 0. The van der Waals surface area contributed by atoms with Crippen LogP contribution < -0.4 is 4.72 Å². The van der Waals surface area contributed by atoms with Crippen LogP contribution >= 0.6 is 0 Å². The predicted octanol–water partition coefficient (Wildman–Crippen LogP) is 4.96. The second-order valence-electron chi connectivity index (χ2n) is 9.35. The van der Waals surface area contributed by atoms with E-state index in [4.69, 9.17) is 9.47 Å². The number of carbonyl (C=O) groups excluding carboxylic acids is 1. The molecule has 1 fully saturated rings. The van der Waals surface area contributed by atoms with Gasteiger partial charge in [-0.3, -0.25) is 4.79 Å².